The summed E-state index contributed by atoms with van der Waals surface area (Å²) in [7, 11) is 0. The molecule has 0 radical (unpaired) electrons. The zero-order chi connectivity index (χ0) is 22.6. The van der Waals surface area contributed by atoms with E-state index in [0.29, 0.717) is 12.3 Å². The number of carbonyl (C=O) groups excluding carboxylic acids is 1. The first-order valence-corrected chi connectivity index (χ1v) is 8.50. The van der Waals surface area contributed by atoms with Crippen molar-refractivity contribution < 1.29 is 22.9 Å². The third-order valence-electron chi connectivity index (χ3n) is 3.63. The smallest absolute Gasteiger partial charge is 0.318 e. The maximum Gasteiger partial charge on any atom is 0.417 e. The molecule has 3 N–H and O–H groups in total. The lowest BCUT2D eigenvalue weighted by Gasteiger charge is -2.12. The van der Waals surface area contributed by atoms with E-state index in [2.05, 4.69) is 36.1 Å². The zero-order valence-corrected chi connectivity index (χ0v) is 15.8. The molecule has 0 unspecified atom stereocenters. The van der Waals surface area contributed by atoms with Gasteiger partial charge in [0.15, 0.2) is 5.82 Å². The number of nitrogens with zero attached hydrogens (tertiary/aromatic N) is 5. The predicted molar refractivity (Wildman–Crippen MR) is 102 cm³/mol. The van der Waals surface area contributed by atoms with Gasteiger partial charge in [0.05, 0.1) is 21.1 Å². The highest BCUT2D eigenvalue weighted by molar-refractivity contribution is 6.33. The summed E-state index contributed by atoms with van der Waals surface area (Å²) in [6, 6.07) is 3.59. The molecule has 0 aromatic carbocycles. The number of rotatable bonds is 6. The van der Waals surface area contributed by atoms with Crippen LogP contribution in [0.15, 0.2) is 43.1 Å². The van der Waals surface area contributed by atoms with Crippen molar-refractivity contribution in [3.05, 3.63) is 69.4 Å². The van der Waals surface area contributed by atoms with Crippen LogP contribution in [0.1, 0.15) is 15.9 Å². The normalized spacial score (nSPS) is 11.0. The van der Waals surface area contributed by atoms with Crippen LogP contribution in [-0.2, 0) is 6.18 Å². The van der Waals surface area contributed by atoms with Crippen molar-refractivity contribution in [1.82, 2.24) is 25.4 Å². The highest BCUT2D eigenvalue weighted by Gasteiger charge is 2.32. The van der Waals surface area contributed by atoms with E-state index in [1.54, 1.807) is 0 Å². The van der Waals surface area contributed by atoms with Crippen LogP contribution in [-0.4, -0.2) is 30.8 Å². The van der Waals surface area contributed by atoms with E-state index in [-0.39, 0.29) is 11.4 Å². The van der Waals surface area contributed by atoms with Gasteiger partial charge in [0.25, 0.3) is 5.91 Å². The van der Waals surface area contributed by atoms with Crippen LogP contribution in [0, 0.1) is 10.1 Å². The third-order valence-corrected chi connectivity index (χ3v) is 3.92. The van der Waals surface area contributed by atoms with E-state index in [0.717, 1.165) is 6.33 Å². The van der Waals surface area contributed by atoms with Gasteiger partial charge in [-0.05, 0) is 18.2 Å². The maximum absolute atomic E-state index is 12.7. The Morgan fingerprint density at radius 2 is 1.87 bits per heavy atom. The Balaban J connectivity index is 1.85. The van der Waals surface area contributed by atoms with Gasteiger partial charge < -0.3 is 5.32 Å². The van der Waals surface area contributed by atoms with Crippen molar-refractivity contribution in [3.8, 4) is 0 Å². The summed E-state index contributed by atoms with van der Waals surface area (Å²) < 4.78 is 38.2. The molecular formula is C16H10ClF3N8O3. The molecule has 15 heteroatoms. The zero-order valence-electron chi connectivity index (χ0n) is 15.0. The number of halogens is 4. The molecule has 0 aliphatic carbocycles. The van der Waals surface area contributed by atoms with E-state index in [4.69, 9.17) is 11.6 Å². The van der Waals surface area contributed by atoms with E-state index in [9.17, 15) is 28.1 Å². The van der Waals surface area contributed by atoms with Crippen LogP contribution in [0.4, 0.5) is 36.3 Å². The molecule has 0 spiro atoms. The number of alkyl halides is 3. The average Bonchev–Trinajstić information content (AvgIpc) is 2.73. The second-order valence-electron chi connectivity index (χ2n) is 5.67. The summed E-state index contributed by atoms with van der Waals surface area (Å²) in [5, 5.41) is 13.5. The lowest BCUT2D eigenvalue weighted by molar-refractivity contribution is -0.383. The van der Waals surface area contributed by atoms with Crippen molar-refractivity contribution >= 4 is 40.6 Å². The quantitative estimate of drug-likeness (QED) is 0.376. The molecule has 3 rings (SSSR count). The Morgan fingerprint density at radius 3 is 2.48 bits per heavy atom. The Hall–Kier alpha value is -4.07. The summed E-state index contributed by atoms with van der Waals surface area (Å²) in [6.07, 6.45) is -0.505. The van der Waals surface area contributed by atoms with E-state index >= 15 is 0 Å². The number of nitro groups is 1. The highest BCUT2D eigenvalue weighted by atomic mass is 35.5. The highest BCUT2D eigenvalue weighted by Crippen LogP contribution is 2.35. The molecular weight excluding hydrogens is 445 g/mol. The van der Waals surface area contributed by atoms with Gasteiger partial charge in [0.1, 0.15) is 6.33 Å². The summed E-state index contributed by atoms with van der Waals surface area (Å²) in [5.74, 6) is -1.78. The topological polar surface area (TPSA) is 148 Å². The molecule has 0 atom stereocenters. The molecule has 31 heavy (non-hydrogen) atoms. The fourth-order valence-electron chi connectivity index (χ4n) is 2.22. The van der Waals surface area contributed by atoms with Gasteiger partial charge in [0, 0.05) is 18.6 Å². The van der Waals surface area contributed by atoms with Crippen molar-refractivity contribution in [2.75, 3.05) is 10.7 Å². The monoisotopic (exact) mass is 454 g/mol. The molecule has 0 saturated carbocycles. The molecule has 160 valence electrons. The second kappa shape index (κ2) is 8.74. The SMILES string of the molecule is O=C(NNc1ncnc(Nc2ncc(C(F)(F)F)cc2Cl)c1[N+](=O)[O-])c1cccnc1. The largest absolute Gasteiger partial charge is 0.417 e. The first-order chi connectivity index (χ1) is 14.7. The number of amides is 1. The maximum atomic E-state index is 12.7. The molecule has 0 bridgehead atoms. The molecule has 0 saturated heterocycles. The number of hydrogen-bond acceptors (Lipinski definition) is 9. The number of nitrogens with one attached hydrogen (secondary N) is 3. The second-order valence-corrected chi connectivity index (χ2v) is 6.08. The number of hydrogen-bond donors (Lipinski definition) is 3. The van der Waals surface area contributed by atoms with Crippen LogP contribution in [0.5, 0.6) is 0 Å². The Labute approximate surface area is 175 Å². The van der Waals surface area contributed by atoms with Crippen LogP contribution < -0.4 is 16.2 Å². The first-order valence-electron chi connectivity index (χ1n) is 8.12. The van der Waals surface area contributed by atoms with Crippen LogP contribution >= 0.6 is 11.6 Å². The minimum absolute atomic E-state index is 0.172. The Bertz CT molecular complexity index is 1130. The first kappa shape index (κ1) is 21.6. The van der Waals surface area contributed by atoms with Gasteiger partial charge in [-0.15, -0.1) is 0 Å². The van der Waals surface area contributed by atoms with E-state index in [1.807, 2.05) is 0 Å². The van der Waals surface area contributed by atoms with Crippen molar-refractivity contribution in [2.45, 2.75) is 6.18 Å². The molecule has 0 aliphatic heterocycles. The van der Waals surface area contributed by atoms with Gasteiger partial charge in [-0.2, -0.15) is 13.2 Å². The number of pyridine rings is 2. The Morgan fingerprint density at radius 1 is 1.13 bits per heavy atom. The standard InChI is InChI=1S/C16H10ClF3N8O3/c17-10-4-9(16(18,19)20)6-22-12(10)25-13-11(28(30)31)14(24-7-23-13)26-27-15(29)8-2-1-3-21-5-8/h1-7H,(H,27,29)(H2,22,23,24,25,26). The van der Waals surface area contributed by atoms with Gasteiger partial charge in [0.2, 0.25) is 11.6 Å². The Kier molecular flexibility index (Phi) is 6.10. The lowest BCUT2D eigenvalue weighted by atomic mass is 10.2. The van der Waals surface area contributed by atoms with Crippen LogP contribution in [0.25, 0.3) is 0 Å². The van der Waals surface area contributed by atoms with Gasteiger partial charge >= 0.3 is 11.9 Å². The van der Waals surface area contributed by atoms with E-state index in [1.165, 1.54) is 24.5 Å². The summed E-state index contributed by atoms with van der Waals surface area (Å²) in [4.78, 5) is 37.5. The van der Waals surface area contributed by atoms with Crippen molar-refractivity contribution in [1.29, 1.82) is 0 Å². The summed E-state index contributed by atoms with van der Waals surface area (Å²) in [5.41, 5.74) is 2.88. The fourth-order valence-corrected chi connectivity index (χ4v) is 2.43. The summed E-state index contributed by atoms with van der Waals surface area (Å²) in [6.45, 7) is 0. The van der Waals surface area contributed by atoms with Gasteiger partial charge in [-0.25, -0.2) is 15.0 Å². The molecule has 3 heterocycles. The average molecular weight is 455 g/mol. The number of aromatic nitrogens is 4. The molecule has 0 aliphatic rings. The van der Waals surface area contributed by atoms with Gasteiger partial charge in [-0.1, -0.05) is 11.6 Å². The molecule has 3 aromatic heterocycles. The van der Waals surface area contributed by atoms with Crippen molar-refractivity contribution in [2.24, 2.45) is 0 Å². The number of hydrazine groups is 1. The minimum atomic E-state index is -4.67. The lowest BCUT2D eigenvalue weighted by Crippen LogP contribution is -2.30. The van der Waals surface area contributed by atoms with E-state index < -0.39 is 44.9 Å². The minimum Gasteiger partial charge on any atom is -0.318 e. The number of anilines is 3. The fraction of sp³-hybridized carbons (Fsp3) is 0.0625. The van der Waals surface area contributed by atoms with Gasteiger partial charge in [-0.3, -0.25) is 30.7 Å². The molecule has 11 nitrogen and oxygen atoms in total. The molecule has 0 fully saturated rings. The molecule has 1 amide bonds. The van der Waals surface area contributed by atoms with Crippen molar-refractivity contribution in [3.63, 3.8) is 0 Å². The predicted octanol–water partition coefficient (Wildman–Crippen LogP) is 3.35. The van der Waals surface area contributed by atoms with Crippen LogP contribution in [0.3, 0.4) is 0 Å². The summed E-state index contributed by atoms with van der Waals surface area (Å²) >= 11 is 5.81. The third kappa shape index (κ3) is 5.11. The molecule has 3 aromatic rings. The van der Waals surface area contributed by atoms with Crippen LogP contribution in [0.2, 0.25) is 5.02 Å². The number of carbonyl (C=O) groups is 1.